The highest BCUT2D eigenvalue weighted by atomic mass is 32.1. The fraction of sp³-hybridized carbons (Fsp3) is 0.700. The largest absolute Gasteiger partial charge is 0.380 e. The van der Waals surface area contributed by atoms with E-state index in [0.717, 1.165) is 30.4 Å². The molecule has 3 N–H and O–H groups in total. The number of aryl methyl sites for hydroxylation is 2. The Hall–Kier alpha value is -0.650. The van der Waals surface area contributed by atoms with Gasteiger partial charge in [0, 0.05) is 24.6 Å². The van der Waals surface area contributed by atoms with E-state index >= 15 is 0 Å². The Morgan fingerprint density at radius 1 is 1.40 bits per heavy atom. The van der Waals surface area contributed by atoms with Crippen LogP contribution in [0.5, 0.6) is 0 Å². The molecule has 0 aliphatic heterocycles. The van der Waals surface area contributed by atoms with Crippen molar-refractivity contribution in [2.45, 2.75) is 20.3 Å². The van der Waals surface area contributed by atoms with Crippen LogP contribution in [0.15, 0.2) is 0 Å². The fourth-order valence-electron chi connectivity index (χ4n) is 1.10. The Labute approximate surface area is 94.8 Å². The topological polar surface area (TPSA) is 60.2 Å². The molecule has 15 heavy (non-hydrogen) atoms. The lowest BCUT2D eigenvalue weighted by molar-refractivity contribution is 0.141. The lowest BCUT2D eigenvalue weighted by atomic mass is 10.4. The first kappa shape index (κ1) is 12.4. The Bertz CT molecular complexity index is 269. The maximum Gasteiger partial charge on any atom is 0.183 e. The number of hydrogen-bond acceptors (Lipinski definition) is 5. The summed E-state index contributed by atoms with van der Waals surface area (Å²) in [5, 5.41) is 4.28. The van der Waals surface area contributed by atoms with Crippen molar-refractivity contribution in [3.63, 3.8) is 0 Å². The molecule has 0 aliphatic rings. The van der Waals surface area contributed by atoms with Crippen molar-refractivity contribution in [1.82, 2.24) is 4.98 Å². The smallest absolute Gasteiger partial charge is 0.183 e. The molecule has 5 heteroatoms. The molecule has 0 aliphatic carbocycles. The van der Waals surface area contributed by atoms with E-state index in [9.17, 15) is 0 Å². The zero-order valence-electron chi connectivity index (χ0n) is 9.38. The summed E-state index contributed by atoms with van der Waals surface area (Å²) in [6, 6.07) is 0. The second-order valence-electron chi connectivity index (χ2n) is 3.34. The molecule has 0 unspecified atom stereocenters. The quantitative estimate of drug-likeness (QED) is 0.696. The number of anilines is 1. The van der Waals surface area contributed by atoms with Crippen LogP contribution >= 0.6 is 11.3 Å². The lowest BCUT2D eigenvalue weighted by Gasteiger charge is -2.03. The highest BCUT2D eigenvalue weighted by molar-refractivity contribution is 7.15. The van der Waals surface area contributed by atoms with Gasteiger partial charge in [0.05, 0.1) is 12.3 Å². The second-order valence-corrected chi connectivity index (χ2v) is 4.55. The Kier molecular flexibility index (Phi) is 5.60. The average molecular weight is 229 g/mol. The summed E-state index contributed by atoms with van der Waals surface area (Å²) >= 11 is 1.70. The van der Waals surface area contributed by atoms with Gasteiger partial charge in [-0.25, -0.2) is 4.98 Å². The van der Waals surface area contributed by atoms with Crippen LogP contribution in [0.1, 0.15) is 17.0 Å². The van der Waals surface area contributed by atoms with Gasteiger partial charge in [0.15, 0.2) is 5.13 Å². The number of ether oxygens (including phenoxy) is 1. The predicted molar refractivity (Wildman–Crippen MR) is 64.6 cm³/mol. The highest BCUT2D eigenvalue weighted by Gasteiger charge is 2.01. The van der Waals surface area contributed by atoms with Gasteiger partial charge in [0.2, 0.25) is 0 Å². The number of aromatic nitrogens is 1. The molecule has 0 radical (unpaired) electrons. The van der Waals surface area contributed by atoms with E-state index in [-0.39, 0.29) is 0 Å². The summed E-state index contributed by atoms with van der Waals surface area (Å²) in [5.41, 5.74) is 6.42. The van der Waals surface area contributed by atoms with Crippen molar-refractivity contribution in [3.8, 4) is 0 Å². The lowest BCUT2D eigenvalue weighted by Crippen LogP contribution is -2.11. The third-order valence-electron chi connectivity index (χ3n) is 2.03. The molecular formula is C10H19N3OS. The Morgan fingerprint density at radius 2 is 2.20 bits per heavy atom. The van der Waals surface area contributed by atoms with Gasteiger partial charge in [0.1, 0.15) is 0 Å². The van der Waals surface area contributed by atoms with Gasteiger partial charge < -0.3 is 15.8 Å². The Balaban J connectivity index is 2.10. The van der Waals surface area contributed by atoms with E-state index in [0.29, 0.717) is 13.2 Å². The molecule has 1 heterocycles. The maximum atomic E-state index is 5.30. The summed E-state index contributed by atoms with van der Waals surface area (Å²) in [4.78, 5) is 5.67. The molecular weight excluding hydrogens is 210 g/mol. The molecule has 0 fully saturated rings. The van der Waals surface area contributed by atoms with Crippen molar-refractivity contribution >= 4 is 16.5 Å². The molecule has 1 rings (SSSR count). The van der Waals surface area contributed by atoms with Crippen LogP contribution in [-0.4, -0.2) is 31.3 Å². The summed E-state index contributed by atoms with van der Waals surface area (Å²) in [6.07, 6.45) is 0.984. The predicted octanol–water partition coefficient (Wildman–Crippen LogP) is 1.54. The zero-order chi connectivity index (χ0) is 11.1. The molecule has 0 saturated carbocycles. The minimum absolute atomic E-state index is 0.596. The number of hydrogen-bond donors (Lipinski definition) is 2. The SMILES string of the molecule is Cc1nc(NCCCOCCN)sc1C. The number of nitrogens with two attached hydrogens (primary N) is 1. The normalized spacial score (nSPS) is 10.6. The molecule has 0 spiro atoms. The van der Waals surface area contributed by atoms with Gasteiger partial charge >= 0.3 is 0 Å². The molecule has 86 valence electrons. The van der Waals surface area contributed by atoms with Gasteiger partial charge in [-0.2, -0.15) is 0 Å². The van der Waals surface area contributed by atoms with Gasteiger partial charge in [-0.1, -0.05) is 0 Å². The molecule has 0 amide bonds. The van der Waals surface area contributed by atoms with Gasteiger partial charge in [-0.3, -0.25) is 0 Å². The fourth-order valence-corrected chi connectivity index (χ4v) is 1.94. The van der Waals surface area contributed by atoms with E-state index in [1.54, 1.807) is 11.3 Å². The molecule has 1 aromatic rings. The number of rotatable bonds is 7. The van der Waals surface area contributed by atoms with Crippen LogP contribution in [0.3, 0.4) is 0 Å². The molecule has 0 atom stereocenters. The van der Waals surface area contributed by atoms with Crippen LogP contribution in [0.25, 0.3) is 0 Å². The van der Waals surface area contributed by atoms with Crippen LogP contribution in [0.4, 0.5) is 5.13 Å². The summed E-state index contributed by atoms with van der Waals surface area (Å²) < 4.78 is 5.27. The first-order valence-electron chi connectivity index (χ1n) is 5.19. The Morgan fingerprint density at radius 3 is 2.80 bits per heavy atom. The summed E-state index contributed by atoms with van der Waals surface area (Å²) in [6.45, 7) is 7.02. The van der Waals surface area contributed by atoms with Crippen molar-refractivity contribution < 1.29 is 4.74 Å². The number of nitrogens with zero attached hydrogens (tertiary/aromatic N) is 1. The molecule has 4 nitrogen and oxygen atoms in total. The van der Waals surface area contributed by atoms with Crippen molar-refractivity contribution in [3.05, 3.63) is 10.6 Å². The average Bonchev–Trinajstić information content (AvgIpc) is 2.52. The number of nitrogens with one attached hydrogen (secondary N) is 1. The monoisotopic (exact) mass is 229 g/mol. The van der Waals surface area contributed by atoms with E-state index in [4.69, 9.17) is 10.5 Å². The molecule has 1 aromatic heterocycles. The minimum atomic E-state index is 0.596. The standard InChI is InChI=1S/C10H19N3OS/c1-8-9(2)15-10(13-8)12-5-3-6-14-7-4-11/h3-7,11H2,1-2H3,(H,12,13). The zero-order valence-corrected chi connectivity index (χ0v) is 10.2. The van der Waals surface area contributed by atoms with Gasteiger partial charge in [0.25, 0.3) is 0 Å². The number of thiazole rings is 1. The van der Waals surface area contributed by atoms with Gasteiger partial charge in [-0.15, -0.1) is 11.3 Å². The third-order valence-corrected chi connectivity index (χ3v) is 3.06. The van der Waals surface area contributed by atoms with Crippen LogP contribution in [0, 0.1) is 13.8 Å². The van der Waals surface area contributed by atoms with E-state index in [1.807, 2.05) is 6.92 Å². The molecule has 0 aromatic carbocycles. The van der Waals surface area contributed by atoms with Crippen LogP contribution in [-0.2, 0) is 4.74 Å². The van der Waals surface area contributed by atoms with E-state index in [1.165, 1.54) is 4.88 Å². The minimum Gasteiger partial charge on any atom is -0.380 e. The van der Waals surface area contributed by atoms with Crippen molar-refractivity contribution in [2.24, 2.45) is 5.73 Å². The second kappa shape index (κ2) is 6.76. The van der Waals surface area contributed by atoms with Gasteiger partial charge in [-0.05, 0) is 20.3 Å². The van der Waals surface area contributed by atoms with E-state index in [2.05, 4.69) is 17.2 Å². The van der Waals surface area contributed by atoms with Crippen LogP contribution in [0.2, 0.25) is 0 Å². The van der Waals surface area contributed by atoms with E-state index < -0.39 is 0 Å². The third kappa shape index (κ3) is 4.59. The van der Waals surface area contributed by atoms with Crippen molar-refractivity contribution in [1.29, 1.82) is 0 Å². The summed E-state index contributed by atoms with van der Waals surface area (Å²) in [5.74, 6) is 0. The molecule has 0 saturated heterocycles. The van der Waals surface area contributed by atoms with Crippen molar-refractivity contribution in [2.75, 3.05) is 31.6 Å². The van der Waals surface area contributed by atoms with Crippen LogP contribution < -0.4 is 11.1 Å². The highest BCUT2D eigenvalue weighted by Crippen LogP contribution is 2.20. The molecule has 0 bridgehead atoms. The maximum absolute atomic E-state index is 5.30. The first-order valence-corrected chi connectivity index (χ1v) is 6.01. The summed E-state index contributed by atoms with van der Waals surface area (Å²) in [7, 11) is 0. The first-order chi connectivity index (χ1) is 7.24.